The van der Waals surface area contributed by atoms with Gasteiger partial charge in [-0.2, -0.15) is 5.10 Å². The highest BCUT2D eigenvalue weighted by Crippen LogP contribution is 2.17. The van der Waals surface area contributed by atoms with Gasteiger partial charge in [-0.15, -0.1) is 0 Å². The smallest absolute Gasteiger partial charge is 0.277 e. The van der Waals surface area contributed by atoms with Gasteiger partial charge in [0.15, 0.2) is 6.61 Å². The largest absolute Gasteiger partial charge is 0.484 e. The zero-order chi connectivity index (χ0) is 23.8. The fraction of sp³-hybridized carbons (Fsp3) is 0.125. The van der Waals surface area contributed by atoms with Gasteiger partial charge in [0.05, 0.1) is 10.6 Å². The lowest BCUT2D eigenvalue weighted by Gasteiger charge is -2.09. The van der Waals surface area contributed by atoms with Crippen LogP contribution in [0.2, 0.25) is 0 Å². The quantitative estimate of drug-likeness (QED) is 0.307. The third-order valence-corrected chi connectivity index (χ3v) is 4.69. The van der Waals surface area contributed by atoms with Crippen LogP contribution in [0.3, 0.4) is 0 Å². The number of aryl methyl sites for hydroxylation is 1. The molecule has 0 spiro atoms. The van der Waals surface area contributed by atoms with Gasteiger partial charge < -0.3 is 10.1 Å². The summed E-state index contributed by atoms with van der Waals surface area (Å²) in [5, 5.41) is 17.6. The first kappa shape index (κ1) is 23.1. The molecule has 0 saturated carbocycles. The van der Waals surface area contributed by atoms with E-state index in [-0.39, 0.29) is 18.2 Å². The van der Waals surface area contributed by atoms with Crippen LogP contribution in [-0.4, -0.2) is 29.1 Å². The predicted molar refractivity (Wildman–Crippen MR) is 125 cm³/mol. The number of non-ortho nitro benzene ring substituents is 1. The molecule has 0 aliphatic carbocycles. The first-order chi connectivity index (χ1) is 15.8. The van der Waals surface area contributed by atoms with Crippen LogP contribution in [0, 0.1) is 17.0 Å². The SMILES string of the molecule is C/C(=N\NC(=O)COc1ccc([N+](=O)[O-])cc1)c1cccc(NC(=O)c2ccccc2C)c1. The summed E-state index contributed by atoms with van der Waals surface area (Å²) in [5.74, 6) is -0.373. The number of nitrogens with one attached hydrogen (secondary N) is 2. The molecule has 0 aliphatic rings. The maximum atomic E-state index is 12.5. The normalized spacial score (nSPS) is 10.9. The number of benzene rings is 3. The Bertz CT molecular complexity index is 1210. The highest BCUT2D eigenvalue weighted by atomic mass is 16.6. The van der Waals surface area contributed by atoms with Crippen LogP contribution in [0.5, 0.6) is 5.75 Å². The van der Waals surface area contributed by atoms with Crippen LogP contribution in [-0.2, 0) is 4.79 Å². The minimum atomic E-state index is -0.517. The fourth-order valence-corrected chi connectivity index (χ4v) is 2.90. The highest BCUT2D eigenvalue weighted by Gasteiger charge is 2.10. The summed E-state index contributed by atoms with van der Waals surface area (Å²) in [7, 11) is 0. The molecule has 168 valence electrons. The number of carbonyl (C=O) groups excluding carboxylic acids is 2. The number of hydrogen-bond donors (Lipinski definition) is 2. The summed E-state index contributed by atoms with van der Waals surface area (Å²) in [5.41, 5.74) is 5.66. The molecule has 2 amide bonds. The maximum Gasteiger partial charge on any atom is 0.277 e. The van der Waals surface area contributed by atoms with Gasteiger partial charge in [0, 0.05) is 23.4 Å². The minimum absolute atomic E-state index is 0.0654. The van der Waals surface area contributed by atoms with E-state index in [1.807, 2.05) is 31.2 Å². The molecule has 0 aliphatic heterocycles. The molecule has 2 N–H and O–H groups in total. The fourth-order valence-electron chi connectivity index (χ4n) is 2.90. The summed E-state index contributed by atoms with van der Waals surface area (Å²) < 4.78 is 5.30. The number of rotatable bonds is 8. The first-order valence-corrected chi connectivity index (χ1v) is 10.0. The number of carbonyl (C=O) groups is 2. The molecular formula is C24H22N4O5. The van der Waals surface area contributed by atoms with Crippen molar-refractivity contribution in [3.63, 3.8) is 0 Å². The van der Waals surface area contributed by atoms with Crippen molar-refractivity contribution in [3.8, 4) is 5.75 Å². The van der Waals surface area contributed by atoms with Crippen LogP contribution in [0.1, 0.15) is 28.4 Å². The number of hydrogen-bond acceptors (Lipinski definition) is 6. The van der Waals surface area contributed by atoms with E-state index >= 15 is 0 Å². The number of nitro benzene ring substituents is 1. The monoisotopic (exact) mass is 446 g/mol. The van der Waals surface area contributed by atoms with Crippen molar-refractivity contribution in [3.05, 3.63) is 99.6 Å². The van der Waals surface area contributed by atoms with E-state index in [1.165, 1.54) is 24.3 Å². The highest BCUT2D eigenvalue weighted by molar-refractivity contribution is 6.06. The van der Waals surface area contributed by atoms with Crippen molar-refractivity contribution in [2.45, 2.75) is 13.8 Å². The van der Waals surface area contributed by atoms with Crippen LogP contribution in [0.15, 0.2) is 77.9 Å². The van der Waals surface area contributed by atoms with Gasteiger partial charge >= 0.3 is 0 Å². The zero-order valence-electron chi connectivity index (χ0n) is 18.1. The number of ether oxygens (including phenoxy) is 1. The van der Waals surface area contributed by atoms with E-state index in [9.17, 15) is 19.7 Å². The van der Waals surface area contributed by atoms with Crippen molar-refractivity contribution in [1.82, 2.24) is 5.43 Å². The molecule has 0 heterocycles. The summed E-state index contributed by atoms with van der Waals surface area (Å²) in [6.45, 7) is 3.29. The molecule has 0 bridgehead atoms. The van der Waals surface area contributed by atoms with E-state index in [4.69, 9.17) is 4.74 Å². The molecule has 9 heteroatoms. The summed E-state index contributed by atoms with van der Waals surface area (Å²) in [6, 6.07) is 19.8. The van der Waals surface area contributed by atoms with E-state index in [0.717, 1.165) is 5.56 Å². The number of anilines is 1. The van der Waals surface area contributed by atoms with Gasteiger partial charge in [0.25, 0.3) is 17.5 Å². The second-order valence-corrected chi connectivity index (χ2v) is 7.12. The Kier molecular flexibility index (Phi) is 7.48. The van der Waals surface area contributed by atoms with Gasteiger partial charge in [-0.1, -0.05) is 30.3 Å². The van der Waals surface area contributed by atoms with Crippen molar-refractivity contribution >= 4 is 28.9 Å². The molecule has 0 atom stereocenters. The molecule has 9 nitrogen and oxygen atoms in total. The molecule has 0 radical (unpaired) electrons. The van der Waals surface area contributed by atoms with Gasteiger partial charge in [-0.3, -0.25) is 19.7 Å². The van der Waals surface area contributed by atoms with Gasteiger partial charge in [-0.25, -0.2) is 5.43 Å². The van der Waals surface area contributed by atoms with Gasteiger partial charge in [0.2, 0.25) is 0 Å². The third-order valence-electron chi connectivity index (χ3n) is 4.69. The molecule has 0 fully saturated rings. The molecule has 33 heavy (non-hydrogen) atoms. The lowest BCUT2D eigenvalue weighted by molar-refractivity contribution is -0.384. The Morgan fingerprint density at radius 3 is 2.45 bits per heavy atom. The minimum Gasteiger partial charge on any atom is -0.484 e. The van der Waals surface area contributed by atoms with Crippen LogP contribution >= 0.6 is 0 Å². The number of hydrazone groups is 1. The Morgan fingerprint density at radius 1 is 1.03 bits per heavy atom. The maximum absolute atomic E-state index is 12.5. The number of amides is 2. The van der Waals surface area contributed by atoms with Crippen LogP contribution < -0.4 is 15.5 Å². The van der Waals surface area contributed by atoms with Crippen LogP contribution in [0.4, 0.5) is 11.4 Å². The Hall–Kier alpha value is -4.53. The Labute approximate surface area is 190 Å². The molecular weight excluding hydrogens is 424 g/mol. The predicted octanol–water partition coefficient (Wildman–Crippen LogP) is 4.07. The topological polar surface area (TPSA) is 123 Å². The standard InChI is InChI=1S/C24H22N4O5/c1-16-6-3-4-9-22(16)24(30)25-19-8-5-7-18(14-19)17(2)26-27-23(29)15-33-21-12-10-20(11-13-21)28(31)32/h3-14H,15H2,1-2H3,(H,25,30)(H,27,29)/b26-17+. The molecule has 0 saturated heterocycles. The molecule has 3 aromatic carbocycles. The second-order valence-electron chi connectivity index (χ2n) is 7.12. The Morgan fingerprint density at radius 2 is 1.76 bits per heavy atom. The Balaban J connectivity index is 1.56. The number of nitrogens with zero attached hydrogens (tertiary/aromatic N) is 2. The molecule has 3 aromatic rings. The van der Waals surface area contributed by atoms with E-state index in [2.05, 4.69) is 15.8 Å². The second kappa shape index (κ2) is 10.7. The summed E-state index contributed by atoms with van der Waals surface area (Å²) in [6.07, 6.45) is 0. The lowest BCUT2D eigenvalue weighted by atomic mass is 10.1. The van der Waals surface area contributed by atoms with Gasteiger partial charge in [-0.05, 0) is 55.3 Å². The van der Waals surface area contributed by atoms with Crippen molar-refractivity contribution in [2.75, 3.05) is 11.9 Å². The van der Waals surface area contributed by atoms with E-state index < -0.39 is 10.8 Å². The van der Waals surface area contributed by atoms with Crippen molar-refractivity contribution in [1.29, 1.82) is 0 Å². The first-order valence-electron chi connectivity index (χ1n) is 10.0. The third kappa shape index (κ3) is 6.47. The lowest BCUT2D eigenvalue weighted by Crippen LogP contribution is -2.25. The van der Waals surface area contributed by atoms with Crippen molar-refractivity contribution in [2.24, 2.45) is 5.10 Å². The summed E-state index contributed by atoms with van der Waals surface area (Å²) in [4.78, 5) is 34.7. The van der Waals surface area contributed by atoms with Crippen LogP contribution in [0.25, 0.3) is 0 Å². The van der Waals surface area contributed by atoms with Gasteiger partial charge in [0.1, 0.15) is 5.75 Å². The zero-order valence-corrected chi connectivity index (χ0v) is 18.1. The summed E-state index contributed by atoms with van der Waals surface area (Å²) >= 11 is 0. The van der Waals surface area contributed by atoms with Crippen molar-refractivity contribution < 1.29 is 19.2 Å². The van der Waals surface area contributed by atoms with E-state index in [1.54, 1.807) is 31.2 Å². The molecule has 0 aromatic heterocycles. The van der Waals surface area contributed by atoms with E-state index in [0.29, 0.717) is 28.3 Å². The number of nitro groups is 1. The average Bonchev–Trinajstić information content (AvgIpc) is 2.81. The average molecular weight is 446 g/mol. The molecule has 0 unspecified atom stereocenters. The molecule has 3 rings (SSSR count).